The third-order valence-electron chi connectivity index (χ3n) is 4.06. The molecular weight excluding hydrogens is 242 g/mol. The molecule has 0 spiro atoms. The van der Waals surface area contributed by atoms with Crippen molar-refractivity contribution >= 4 is 5.91 Å². The van der Waals surface area contributed by atoms with E-state index in [0.29, 0.717) is 12.1 Å². The summed E-state index contributed by atoms with van der Waals surface area (Å²) in [7, 11) is 1.71. The summed E-state index contributed by atoms with van der Waals surface area (Å²) in [6.07, 6.45) is 2.67. The Morgan fingerprint density at radius 1 is 1.63 bits per heavy atom. The molecule has 1 amide bonds. The van der Waals surface area contributed by atoms with Gasteiger partial charge in [0.05, 0.1) is 11.8 Å². The number of carbonyl (C=O) groups is 1. The lowest BCUT2D eigenvalue weighted by atomic mass is 9.64. The van der Waals surface area contributed by atoms with E-state index in [1.165, 1.54) is 0 Å². The largest absolute Gasteiger partial charge is 0.381 e. The molecule has 104 valence electrons. The fourth-order valence-electron chi connectivity index (χ4n) is 2.50. The molecule has 0 aromatic carbocycles. The molecule has 19 heavy (non-hydrogen) atoms. The monoisotopic (exact) mass is 263 g/mol. The number of pyridine rings is 1. The van der Waals surface area contributed by atoms with Crippen molar-refractivity contribution in [3.8, 4) is 0 Å². The highest BCUT2D eigenvalue weighted by molar-refractivity contribution is 5.94. The zero-order valence-electron chi connectivity index (χ0n) is 11.6. The van der Waals surface area contributed by atoms with E-state index >= 15 is 0 Å². The Hall–Kier alpha value is -1.46. The molecule has 1 saturated carbocycles. The van der Waals surface area contributed by atoms with Crippen molar-refractivity contribution in [2.45, 2.75) is 39.0 Å². The minimum atomic E-state index is -0.0790. The molecule has 0 radical (unpaired) electrons. The van der Waals surface area contributed by atoms with Crippen LogP contribution in [0.15, 0.2) is 18.3 Å². The SMILES string of the molecule is COC1CC(NC(=O)c2ccnc(CN)c2)C1(C)C. The quantitative estimate of drug-likeness (QED) is 0.852. The summed E-state index contributed by atoms with van der Waals surface area (Å²) >= 11 is 0. The van der Waals surface area contributed by atoms with Crippen molar-refractivity contribution in [3.63, 3.8) is 0 Å². The van der Waals surface area contributed by atoms with Gasteiger partial charge in [-0.15, -0.1) is 0 Å². The Bertz CT molecular complexity index is 474. The maximum Gasteiger partial charge on any atom is 0.251 e. The normalized spacial score (nSPS) is 24.6. The van der Waals surface area contributed by atoms with E-state index in [1.807, 2.05) is 0 Å². The summed E-state index contributed by atoms with van der Waals surface area (Å²) in [5, 5.41) is 3.05. The number of methoxy groups -OCH3 is 1. The van der Waals surface area contributed by atoms with E-state index in [-0.39, 0.29) is 23.5 Å². The van der Waals surface area contributed by atoms with Crippen molar-refractivity contribution in [1.82, 2.24) is 10.3 Å². The summed E-state index contributed by atoms with van der Waals surface area (Å²) < 4.78 is 5.38. The first-order chi connectivity index (χ1) is 8.98. The summed E-state index contributed by atoms with van der Waals surface area (Å²) in [4.78, 5) is 16.3. The van der Waals surface area contributed by atoms with E-state index in [9.17, 15) is 4.79 Å². The molecule has 0 saturated heterocycles. The van der Waals surface area contributed by atoms with Crippen LogP contribution in [0.4, 0.5) is 0 Å². The lowest BCUT2D eigenvalue weighted by molar-refractivity contribution is -0.0942. The molecule has 5 nitrogen and oxygen atoms in total. The van der Waals surface area contributed by atoms with Gasteiger partial charge in [0.1, 0.15) is 0 Å². The smallest absolute Gasteiger partial charge is 0.251 e. The molecule has 1 heterocycles. The third kappa shape index (κ3) is 2.62. The van der Waals surface area contributed by atoms with Crippen LogP contribution in [0.2, 0.25) is 0 Å². The van der Waals surface area contributed by atoms with Crippen LogP contribution in [0.5, 0.6) is 0 Å². The number of ether oxygens (including phenoxy) is 1. The second-order valence-electron chi connectivity index (χ2n) is 5.55. The van der Waals surface area contributed by atoms with Crippen molar-refractivity contribution in [1.29, 1.82) is 0 Å². The van der Waals surface area contributed by atoms with Crippen molar-refractivity contribution < 1.29 is 9.53 Å². The van der Waals surface area contributed by atoms with Crippen LogP contribution in [0.3, 0.4) is 0 Å². The Morgan fingerprint density at radius 2 is 2.37 bits per heavy atom. The number of rotatable bonds is 4. The summed E-state index contributed by atoms with van der Waals surface area (Å²) in [5.41, 5.74) is 6.81. The first-order valence-electron chi connectivity index (χ1n) is 6.47. The van der Waals surface area contributed by atoms with E-state index in [2.05, 4.69) is 24.1 Å². The fourth-order valence-corrected chi connectivity index (χ4v) is 2.50. The minimum Gasteiger partial charge on any atom is -0.381 e. The predicted octanol–water partition coefficient (Wildman–Crippen LogP) is 1.08. The average Bonchev–Trinajstić information content (AvgIpc) is 2.42. The molecule has 2 unspecified atom stereocenters. The molecule has 2 atom stereocenters. The lowest BCUT2D eigenvalue weighted by Crippen LogP contribution is -2.61. The molecule has 3 N–H and O–H groups in total. The van der Waals surface area contributed by atoms with Crippen molar-refractivity contribution in [2.24, 2.45) is 11.1 Å². The van der Waals surface area contributed by atoms with E-state index in [0.717, 1.165) is 12.1 Å². The van der Waals surface area contributed by atoms with Gasteiger partial charge < -0.3 is 15.8 Å². The van der Waals surface area contributed by atoms with Gasteiger partial charge in [-0.2, -0.15) is 0 Å². The van der Waals surface area contributed by atoms with Crippen molar-refractivity contribution in [3.05, 3.63) is 29.6 Å². The van der Waals surface area contributed by atoms with Gasteiger partial charge in [-0.3, -0.25) is 9.78 Å². The number of aromatic nitrogens is 1. The number of nitrogens with two attached hydrogens (primary N) is 1. The molecule has 1 fully saturated rings. The average molecular weight is 263 g/mol. The number of hydrogen-bond acceptors (Lipinski definition) is 4. The zero-order valence-corrected chi connectivity index (χ0v) is 11.6. The standard InChI is InChI=1S/C14H21N3O2/c1-14(2)11(7-12(14)19-3)17-13(18)9-4-5-16-10(6-9)8-15/h4-6,11-12H,7-8,15H2,1-3H3,(H,17,18). The van der Waals surface area contributed by atoms with E-state index in [4.69, 9.17) is 10.5 Å². The van der Waals surface area contributed by atoms with Crippen LogP contribution in [0, 0.1) is 5.41 Å². The van der Waals surface area contributed by atoms with Gasteiger partial charge in [-0.1, -0.05) is 13.8 Å². The number of nitrogens with zero attached hydrogens (tertiary/aromatic N) is 1. The molecule has 0 bridgehead atoms. The maximum absolute atomic E-state index is 12.2. The van der Waals surface area contributed by atoms with Gasteiger partial charge in [0, 0.05) is 36.9 Å². The molecule has 5 heteroatoms. The number of amides is 1. The molecule has 2 rings (SSSR count). The highest BCUT2D eigenvalue weighted by Crippen LogP contribution is 2.42. The van der Waals surface area contributed by atoms with Crippen LogP contribution in [0.25, 0.3) is 0 Å². The van der Waals surface area contributed by atoms with E-state index in [1.54, 1.807) is 25.4 Å². The second kappa shape index (κ2) is 5.27. The first kappa shape index (κ1) is 14.0. The molecule has 1 aromatic heterocycles. The highest BCUT2D eigenvalue weighted by Gasteiger charge is 2.49. The summed E-state index contributed by atoms with van der Waals surface area (Å²) in [5.74, 6) is -0.0790. The highest BCUT2D eigenvalue weighted by atomic mass is 16.5. The van der Waals surface area contributed by atoms with Crippen LogP contribution in [-0.4, -0.2) is 30.1 Å². The number of hydrogen-bond donors (Lipinski definition) is 2. The minimum absolute atomic E-state index is 0.0336. The molecule has 1 aliphatic carbocycles. The molecule has 1 aliphatic rings. The van der Waals surface area contributed by atoms with Crippen LogP contribution < -0.4 is 11.1 Å². The van der Waals surface area contributed by atoms with Crippen LogP contribution in [0.1, 0.15) is 36.3 Å². The fraction of sp³-hybridized carbons (Fsp3) is 0.571. The number of carbonyl (C=O) groups excluding carboxylic acids is 1. The zero-order chi connectivity index (χ0) is 14.0. The van der Waals surface area contributed by atoms with Crippen molar-refractivity contribution in [2.75, 3.05) is 7.11 Å². The Balaban J connectivity index is 2.02. The first-order valence-corrected chi connectivity index (χ1v) is 6.47. The summed E-state index contributed by atoms with van der Waals surface area (Å²) in [6.45, 7) is 4.54. The molecule has 0 aliphatic heterocycles. The van der Waals surface area contributed by atoms with Gasteiger partial charge in [-0.25, -0.2) is 0 Å². The second-order valence-corrected chi connectivity index (χ2v) is 5.55. The van der Waals surface area contributed by atoms with Crippen LogP contribution in [-0.2, 0) is 11.3 Å². The molecule has 1 aromatic rings. The van der Waals surface area contributed by atoms with Gasteiger partial charge in [0.25, 0.3) is 5.91 Å². The predicted molar refractivity (Wildman–Crippen MR) is 72.6 cm³/mol. The Labute approximate surface area is 113 Å². The third-order valence-corrected chi connectivity index (χ3v) is 4.06. The van der Waals surface area contributed by atoms with Gasteiger partial charge in [-0.05, 0) is 18.6 Å². The number of nitrogens with one attached hydrogen (secondary N) is 1. The van der Waals surface area contributed by atoms with Gasteiger partial charge in [0.2, 0.25) is 0 Å². The Kier molecular flexibility index (Phi) is 3.87. The van der Waals surface area contributed by atoms with E-state index < -0.39 is 0 Å². The topological polar surface area (TPSA) is 77.2 Å². The van der Waals surface area contributed by atoms with Gasteiger partial charge in [0.15, 0.2) is 0 Å². The van der Waals surface area contributed by atoms with Gasteiger partial charge >= 0.3 is 0 Å². The van der Waals surface area contributed by atoms with Crippen LogP contribution >= 0.6 is 0 Å². The lowest BCUT2D eigenvalue weighted by Gasteiger charge is -2.51. The Morgan fingerprint density at radius 3 is 2.95 bits per heavy atom. The maximum atomic E-state index is 12.2. The molecular formula is C14H21N3O2. The summed E-state index contributed by atoms with van der Waals surface area (Å²) in [6, 6.07) is 3.57.